The molecule has 0 rings (SSSR count). The van der Waals surface area contributed by atoms with E-state index < -0.39 is 8.25 Å². The minimum absolute atomic E-state index is 0.625. The van der Waals surface area contributed by atoms with Gasteiger partial charge in [0, 0.05) is 20.6 Å². The van der Waals surface area contributed by atoms with Crippen molar-refractivity contribution < 1.29 is 13.6 Å². The summed E-state index contributed by atoms with van der Waals surface area (Å²) in [5, 5.41) is 7.62. The van der Waals surface area contributed by atoms with E-state index in [4.69, 9.17) is 5.26 Å². The zero-order valence-electron chi connectivity index (χ0n) is 6.38. The zero-order valence-corrected chi connectivity index (χ0v) is 7.38. The first-order chi connectivity index (χ1) is 4.72. The predicted octanol–water partition coefficient (Wildman–Crippen LogP) is 1.59. The average molecular weight is 165 g/mol. The molecule has 0 radical (unpaired) electrons. The van der Waals surface area contributed by atoms with Gasteiger partial charge in [0.05, 0.1) is 6.07 Å². The van der Waals surface area contributed by atoms with Crippen LogP contribution >= 0.6 is 8.25 Å². The van der Waals surface area contributed by atoms with Gasteiger partial charge in [0.2, 0.25) is 0 Å². The minimum atomic E-state index is -2.12. The maximum absolute atomic E-state index is 9.92. The second kappa shape index (κ2) is 11.4. The topological polar surface area (TPSA) is 59.3 Å². The summed E-state index contributed by atoms with van der Waals surface area (Å²) in [5.41, 5.74) is 0. The van der Waals surface area contributed by atoms with Crippen molar-refractivity contribution in [1.29, 1.82) is 5.26 Å². The third-order valence-electron chi connectivity index (χ3n) is 0.491. The summed E-state index contributed by atoms with van der Waals surface area (Å²) in [6.45, 7) is 1.82. The van der Waals surface area contributed by atoms with Gasteiger partial charge >= 0.3 is 8.25 Å². The van der Waals surface area contributed by atoms with Gasteiger partial charge in [-0.25, -0.2) is 0 Å². The molecule has 0 heterocycles. The average Bonchev–Trinajstić information content (AvgIpc) is 2.03. The Morgan fingerprint density at radius 2 is 1.80 bits per heavy atom. The van der Waals surface area contributed by atoms with Crippen LogP contribution in [-0.4, -0.2) is 14.2 Å². The van der Waals surface area contributed by atoms with Crippen molar-refractivity contribution >= 4 is 8.25 Å². The van der Waals surface area contributed by atoms with E-state index in [-0.39, 0.29) is 0 Å². The van der Waals surface area contributed by atoms with Gasteiger partial charge in [-0.05, 0) is 0 Å². The van der Waals surface area contributed by atoms with Gasteiger partial charge in [-0.15, -0.1) is 0 Å². The van der Waals surface area contributed by atoms with Crippen LogP contribution in [0.5, 0.6) is 0 Å². The molecular weight excluding hydrogens is 153 g/mol. The van der Waals surface area contributed by atoms with Gasteiger partial charge in [-0.2, -0.15) is 5.26 Å². The third-order valence-corrected chi connectivity index (χ3v) is 1.16. The Kier molecular flexibility index (Phi) is 14.1. The summed E-state index contributed by atoms with van der Waals surface area (Å²) in [5.74, 6) is 0. The van der Waals surface area contributed by atoms with E-state index in [1.165, 1.54) is 14.2 Å². The smallest absolute Gasteiger partial charge is 0.314 e. The number of hydrogen-bond donors (Lipinski definition) is 0. The SMILES string of the molecule is CCC#N.CO[PH](=O)OC. The van der Waals surface area contributed by atoms with Crippen molar-refractivity contribution in [3.05, 3.63) is 0 Å². The van der Waals surface area contributed by atoms with Crippen molar-refractivity contribution in [3.8, 4) is 6.07 Å². The summed E-state index contributed by atoms with van der Waals surface area (Å²) in [6, 6.07) is 1.93. The quantitative estimate of drug-likeness (QED) is 0.583. The van der Waals surface area contributed by atoms with Crippen LogP contribution in [0.1, 0.15) is 13.3 Å². The van der Waals surface area contributed by atoms with E-state index in [1.807, 2.05) is 13.0 Å². The second-order valence-corrected chi connectivity index (χ2v) is 2.49. The molecule has 0 aliphatic carbocycles. The predicted molar refractivity (Wildman–Crippen MR) is 38.9 cm³/mol. The van der Waals surface area contributed by atoms with E-state index in [0.29, 0.717) is 6.42 Å². The van der Waals surface area contributed by atoms with E-state index in [9.17, 15) is 4.57 Å². The minimum Gasteiger partial charge on any atom is -0.314 e. The molecule has 0 aromatic carbocycles. The van der Waals surface area contributed by atoms with E-state index in [0.717, 1.165) is 0 Å². The van der Waals surface area contributed by atoms with Crippen molar-refractivity contribution in [2.45, 2.75) is 13.3 Å². The maximum atomic E-state index is 9.92. The highest BCUT2D eigenvalue weighted by Gasteiger charge is 1.83. The first-order valence-corrected chi connectivity index (χ1v) is 3.94. The first kappa shape index (κ1) is 12.3. The highest BCUT2D eigenvalue weighted by atomic mass is 31.1. The molecule has 60 valence electrons. The fourth-order valence-corrected chi connectivity index (χ4v) is 0.250. The standard InChI is InChI=1S/C3H5N.C2H7O3P/c1-2-3-4;1-4-6(3)5-2/h2H2,1H3;6H,1-2H3. The Morgan fingerprint density at radius 3 is 1.80 bits per heavy atom. The maximum Gasteiger partial charge on any atom is 0.318 e. The van der Waals surface area contributed by atoms with E-state index >= 15 is 0 Å². The van der Waals surface area contributed by atoms with Crippen LogP contribution in [0.15, 0.2) is 0 Å². The molecule has 0 aromatic heterocycles. The lowest BCUT2D eigenvalue weighted by molar-refractivity contribution is 0.302. The Labute approximate surface area is 61.7 Å². The third kappa shape index (κ3) is 15.6. The summed E-state index contributed by atoms with van der Waals surface area (Å²) >= 11 is 0. The van der Waals surface area contributed by atoms with Crippen LogP contribution in [-0.2, 0) is 13.6 Å². The summed E-state index contributed by atoms with van der Waals surface area (Å²) < 4.78 is 18.4. The largest absolute Gasteiger partial charge is 0.318 e. The monoisotopic (exact) mass is 165 g/mol. The Hall–Kier alpha value is -0.360. The first-order valence-electron chi connectivity index (χ1n) is 2.71. The van der Waals surface area contributed by atoms with Crippen molar-refractivity contribution in [3.63, 3.8) is 0 Å². The zero-order chi connectivity index (χ0) is 8.41. The fourth-order valence-electron chi connectivity index (χ4n) is 0.0833. The van der Waals surface area contributed by atoms with Gasteiger partial charge in [-0.3, -0.25) is 4.57 Å². The van der Waals surface area contributed by atoms with Crippen molar-refractivity contribution in [2.24, 2.45) is 0 Å². The summed E-state index contributed by atoms with van der Waals surface area (Å²) in [7, 11) is 0.558. The van der Waals surface area contributed by atoms with E-state index in [1.54, 1.807) is 0 Å². The molecular formula is C5H12NO3P. The lowest BCUT2D eigenvalue weighted by Crippen LogP contribution is -1.66. The van der Waals surface area contributed by atoms with Crippen LogP contribution in [0.4, 0.5) is 0 Å². The highest BCUT2D eigenvalue weighted by Crippen LogP contribution is 2.18. The van der Waals surface area contributed by atoms with Crippen molar-refractivity contribution in [2.75, 3.05) is 14.2 Å². The molecule has 10 heavy (non-hydrogen) atoms. The molecule has 0 aliphatic rings. The summed E-state index contributed by atoms with van der Waals surface area (Å²) in [4.78, 5) is 0. The molecule has 0 saturated carbocycles. The Morgan fingerprint density at radius 1 is 1.50 bits per heavy atom. The van der Waals surface area contributed by atoms with Crippen LogP contribution in [0.2, 0.25) is 0 Å². The molecule has 0 aliphatic heterocycles. The number of nitriles is 1. The van der Waals surface area contributed by atoms with E-state index in [2.05, 4.69) is 9.05 Å². The van der Waals surface area contributed by atoms with Gasteiger partial charge in [0.1, 0.15) is 0 Å². The molecule has 0 amide bonds. The molecule has 0 aromatic rings. The van der Waals surface area contributed by atoms with Gasteiger partial charge in [0.15, 0.2) is 0 Å². The molecule has 0 bridgehead atoms. The molecule has 5 heteroatoms. The molecule has 0 fully saturated rings. The van der Waals surface area contributed by atoms with Gasteiger partial charge in [0.25, 0.3) is 0 Å². The number of nitrogens with zero attached hydrogens (tertiary/aromatic N) is 1. The normalized spacial score (nSPS) is 7.90. The van der Waals surface area contributed by atoms with Crippen LogP contribution < -0.4 is 0 Å². The molecule has 0 unspecified atom stereocenters. The van der Waals surface area contributed by atoms with Crippen LogP contribution in [0.3, 0.4) is 0 Å². The lowest BCUT2D eigenvalue weighted by atomic mass is 10.6. The van der Waals surface area contributed by atoms with Gasteiger partial charge < -0.3 is 9.05 Å². The molecule has 4 nitrogen and oxygen atoms in total. The number of hydrogen-bond acceptors (Lipinski definition) is 4. The highest BCUT2D eigenvalue weighted by molar-refractivity contribution is 7.33. The molecule has 0 saturated heterocycles. The summed E-state index contributed by atoms with van der Waals surface area (Å²) in [6.07, 6.45) is 0.625. The Bertz CT molecular complexity index is 115. The Balaban J connectivity index is 0. The fraction of sp³-hybridized carbons (Fsp3) is 0.800. The number of rotatable bonds is 2. The molecule has 0 N–H and O–H groups in total. The molecule has 0 spiro atoms. The lowest BCUT2D eigenvalue weighted by Gasteiger charge is -1.89. The molecule has 0 atom stereocenters. The van der Waals surface area contributed by atoms with Crippen molar-refractivity contribution in [1.82, 2.24) is 0 Å². The van der Waals surface area contributed by atoms with Gasteiger partial charge in [-0.1, -0.05) is 6.92 Å². The van der Waals surface area contributed by atoms with Crippen LogP contribution in [0.25, 0.3) is 0 Å². The second-order valence-electron chi connectivity index (χ2n) is 1.17. The van der Waals surface area contributed by atoms with Crippen LogP contribution in [0, 0.1) is 11.3 Å².